The van der Waals surface area contributed by atoms with Gasteiger partial charge in [-0.3, -0.25) is 9.69 Å². The zero-order valence-electron chi connectivity index (χ0n) is 14.7. The van der Waals surface area contributed by atoms with E-state index in [0.717, 1.165) is 13.1 Å². The molecule has 0 atom stereocenters. The minimum Gasteiger partial charge on any atom is -0.497 e. The van der Waals surface area contributed by atoms with Crippen molar-refractivity contribution in [3.05, 3.63) is 35.5 Å². The van der Waals surface area contributed by atoms with E-state index >= 15 is 0 Å². The average molecular weight is 346 g/mol. The van der Waals surface area contributed by atoms with Crippen LogP contribution in [0.25, 0.3) is 0 Å². The average Bonchev–Trinajstić information content (AvgIpc) is 3.06. The normalized spacial score (nSPS) is 15.2. The lowest BCUT2D eigenvalue weighted by Crippen LogP contribution is -2.48. The summed E-state index contributed by atoms with van der Waals surface area (Å²) in [5.41, 5.74) is 0.567. The Kier molecular flexibility index (Phi) is 5.18. The highest BCUT2D eigenvalue weighted by molar-refractivity contribution is 5.95. The maximum absolute atomic E-state index is 12.8. The summed E-state index contributed by atoms with van der Waals surface area (Å²) >= 11 is 0. The Balaban J connectivity index is 1.61. The van der Waals surface area contributed by atoms with E-state index in [1.165, 1.54) is 0 Å². The third-order valence-electron chi connectivity index (χ3n) is 4.18. The number of hydrogen-bond acceptors (Lipinski definition) is 7. The second-order valence-electron chi connectivity index (χ2n) is 5.88. The molecule has 2 heterocycles. The molecule has 1 fully saturated rings. The van der Waals surface area contributed by atoms with E-state index < -0.39 is 0 Å². The molecule has 0 saturated carbocycles. The lowest BCUT2D eigenvalue weighted by molar-refractivity contribution is 0.0617. The van der Waals surface area contributed by atoms with Crippen LogP contribution in [0.4, 0.5) is 0 Å². The van der Waals surface area contributed by atoms with Gasteiger partial charge < -0.3 is 18.8 Å². The highest BCUT2D eigenvalue weighted by Crippen LogP contribution is 2.24. The van der Waals surface area contributed by atoms with Crippen molar-refractivity contribution in [3.8, 4) is 11.5 Å². The summed E-state index contributed by atoms with van der Waals surface area (Å²) in [5.74, 6) is 2.36. The van der Waals surface area contributed by atoms with Crippen LogP contribution in [0.3, 0.4) is 0 Å². The second kappa shape index (κ2) is 7.52. The molecule has 1 aromatic carbocycles. The van der Waals surface area contributed by atoms with Crippen LogP contribution in [0.2, 0.25) is 0 Å². The third kappa shape index (κ3) is 4.08. The fourth-order valence-electron chi connectivity index (χ4n) is 2.82. The van der Waals surface area contributed by atoms with Gasteiger partial charge >= 0.3 is 0 Å². The molecule has 2 aromatic rings. The summed E-state index contributed by atoms with van der Waals surface area (Å²) in [6, 6.07) is 5.22. The summed E-state index contributed by atoms with van der Waals surface area (Å²) in [7, 11) is 3.14. The number of piperazine rings is 1. The minimum atomic E-state index is -0.0227. The summed E-state index contributed by atoms with van der Waals surface area (Å²) in [6.07, 6.45) is 0. The molecule has 25 heavy (non-hydrogen) atoms. The van der Waals surface area contributed by atoms with E-state index in [-0.39, 0.29) is 5.91 Å². The van der Waals surface area contributed by atoms with Gasteiger partial charge in [-0.2, -0.15) is 0 Å². The highest BCUT2D eigenvalue weighted by atomic mass is 16.5. The van der Waals surface area contributed by atoms with Crippen molar-refractivity contribution >= 4 is 5.91 Å². The Bertz CT molecular complexity index is 716. The van der Waals surface area contributed by atoms with Crippen LogP contribution in [-0.2, 0) is 6.54 Å². The molecule has 0 bridgehead atoms. The molecule has 8 nitrogen and oxygen atoms in total. The molecule has 0 unspecified atom stereocenters. The van der Waals surface area contributed by atoms with Gasteiger partial charge in [-0.15, -0.1) is 10.2 Å². The van der Waals surface area contributed by atoms with Crippen LogP contribution in [0, 0.1) is 6.92 Å². The van der Waals surface area contributed by atoms with Crippen molar-refractivity contribution in [2.24, 2.45) is 0 Å². The monoisotopic (exact) mass is 346 g/mol. The molecular weight excluding hydrogens is 324 g/mol. The Hall–Kier alpha value is -2.61. The Labute approximate surface area is 146 Å². The summed E-state index contributed by atoms with van der Waals surface area (Å²) in [4.78, 5) is 16.8. The van der Waals surface area contributed by atoms with E-state index in [9.17, 15) is 4.79 Å². The van der Waals surface area contributed by atoms with E-state index in [0.29, 0.717) is 48.5 Å². The fraction of sp³-hybridized carbons (Fsp3) is 0.471. The van der Waals surface area contributed by atoms with E-state index in [1.807, 2.05) is 4.90 Å². The number of aryl methyl sites for hydroxylation is 1. The third-order valence-corrected chi connectivity index (χ3v) is 4.18. The fourth-order valence-corrected chi connectivity index (χ4v) is 2.82. The minimum absolute atomic E-state index is 0.0227. The Morgan fingerprint density at radius 1 is 1.08 bits per heavy atom. The van der Waals surface area contributed by atoms with Gasteiger partial charge in [0.05, 0.1) is 20.8 Å². The van der Waals surface area contributed by atoms with Crippen LogP contribution in [0.1, 0.15) is 22.1 Å². The molecule has 0 spiro atoms. The van der Waals surface area contributed by atoms with Gasteiger partial charge in [-0.1, -0.05) is 0 Å². The molecular formula is C17H22N4O4. The van der Waals surface area contributed by atoms with Crippen LogP contribution >= 0.6 is 0 Å². The van der Waals surface area contributed by atoms with Gasteiger partial charge in [0, 0.05) is 44.7 Å². The maximum Gasteiger partial charge on any atom is 0.254 e. The smallest absolute Gasteiger partial charge is 0.254 e. The van der Waals surface area contributed by atoms with Crippen LogP contribution in [0.5, 0.6) is 11.5 Å². The Morgan fingerprint density at radius 3 is 2.24 bits per heavy atom. The van der Waals surface area contributed by atoms with Gasteiger partial charge in [-0.05, 0) is 12.1 Å². The SMILES string of the molecule is COc1cc(OC)cc(C(=O)N2CCN(Cc3nnc(C)o3)CC2)c1. The molecule has 1 aliphatic heterocycles. The van der Waals surface area contributed by atoms with Crippen LogP contribution < -0.4 is 9.47 Å². The van der Waals surface area contributed by atoms with Gasteiger partial charge in [0.1, 0.15) is 11.5 Å². The first-order valence-electron chi connectivity index (χ1n) is 8.12. The van der Waals surface area contributed by atoms with Gasteiger partial charge in [0.2, 0.25) is 11.8 Å². The molecule has 8 heteroatoms. The lowest BCUT2D eigenvalue weighted by atomic mass is 10.1. The van der Waals surface area contributed by atoms with Gasteiger partial charge in [0.15, 0.2) is 0 Å². The maximum atomic E-state index is 12.8. The first kappa shape index (κ1) is 17.2. The Morgan fingerprint density at radius 2 is 1.72 bits per heavy atom. The van der Waals surface area contributed by atoms with Crippen molar-refractivity contribution in [2.75, 3.05) is 40.4 Å². The number of benzene rings is 1. The largest absolute Gasteiger partial charge is 0.497 e. The lowest BCUT2D eigenvalue weighted by Gasteiger charge is -2.34. The number of ether oxygens (including phenoxy) is 2. The topological polar surface area (TPSA) is 80.9 Å². The van der Waals surface area contributed by atoms with E-state index in [4.69, 9.17) is 13.9 Å². The van der Waals surface area contributed by atoms with Gasteiger partial charge in [0.25, 0.3) is 5.91 Å². The predicted octanol–water partition coefficient (Wildman–Crippen LogP) is 1.35. The first-order chi connectivity index (χ1) is 12.1. The molecule has 1 aliphatic rings. The van der Waals surface area contributed by atoms with E-state index in [1.54, 1.807) is 39.3 Å². The summed E-state index contributed by atoms with van der Waals surface area (Å²) < 4.78 is 15.9. The number of amides is 1. The number of nitrogens with zero attached hydrogens (tertiary/aromatic N) is 4. The summed E-state index contributed by atoms with van der Waals surface area (Å²) in [5, 5.41) is 7.85. The molecule has 1 amide bonds. The number of carbonyl (C=O) groups is 1. The second-order valence-corrected chi connectivity index (χ2v) is 5.88. The molecule has 0 radical (unpaired) electrons. The number of methoxy groups -OCH3 is 2. The van der Waals surface area contributed by atoms with Crippen molar-refractivity contribution in [1.82, 2.24) is 20.0 Å². The van der Waals surface area contributed by atoms with Crippen molar-refractivity contribution in [3.63, 3.8) is 0 Å². The predicted molar refractivity (Wildman–Crippen MR) is 89.8 cm³/mol. The zero-order valence-corrected chi connectivity index (χ0v) is 14.7. The first-order valence-corrected chi connectivity index (χ1v) is 8.12. The van der Waals surface area contributed by atoms with Crippen molar-refractivity contribution in [1.29, 1.82) is 0 Å². The highest BCUT2D eigenvalue weighted by Gasteiger charge is 2.24. The van der Waals surface area contributed by atoms with Crippen LogP contribution in [-0.4, -0.2) is 66.3 Å². The molecule has 1 saturated heterocycles. The molecule has 134 valence electrons. The molecule has 3 rings (SSSR count). The molecule has 0 aliphatic carbocycles. The molecule has 0 N–H and O–H groups in total. The number of rotatable bonds is 5. The van der Waals surface area contributed by atoms with E-state index in [2.05, 4.69) is 15.1 Å². The number of carbonyl (C=O) groups excluding carboxylic acids is 1. The number of aromatic nitrogens is 2. The summed E-state index contributed by atoms with van der Waals surface area (Å²) in [6.45, 7) is 5.19. The standard InChI is InChI=1S/C17H22N4O4/c1-12-18-19-16(25-12)11-20-4-6-21(7-5-20)17(22)13-8-14(23-2)10-15(9-13)24-3/h8-10H,4-7,11H2,1-3H3. The van der Waals surface area contributed by atoms with Gasteiger partial charge in [-0.25, -0.2) is 0 Å². The zero-order chi connectivity index (χ0) is 17.8. The molecule has 1 aromatic heterocycles. The number of hydrogen-bond donors (Lipinski definition) is 0. The van der Waals surface area contributed by atoms with Crippen LogP contribution in [0.15, 0.2) is 22.6 Å². The van der Waals surface area contributed by atoms with Crippen molar-refractivity contribution < 1.29 is 18.7 Å². The quantitative estimate of drug-likeness (QED) is 0.808. The van der Waals surface area contributed by atoms with Crippen molar-refractivity contribution in [2.45, 2.75) is 13.5 Å².